The van der Waals surface area contributed by atoms with Crippen molar-refractivity contribution in [3.63, 3.8) is 0 Å². The minimum atomic E-state index is -0.594. The molecule has 0 bridgehead atoms. The van der Waals surface area contributed by atoms with E-state index in [4.69, 9.17) is 5.73 Å². The average Bonchev–Trinajstić information content (AvgIpc) is 2.90. The van der Waals surface area contributed by atoms with Crippen LogP contribution in [0.1, 0.15) is 20.8 Å². The van der Waals surface area contributed by atoms with E-state index in [0.717, 1.165) is 6.07 Å². The van der Waals surface area contributed by atoms with Gasteiger partial charge in [-0.15, -0.1) is 0 Å². The van der Waals surface area contributed by atoms with Crippen LogP contribution in [0, 0.1) is 5.82 Å². The molecule has 0 unspecified atom stereocenters. The summed E-state index contributed by atoms with van der Waals surface area (Å²) in [6.07, 6.45) is 1.43. The second-order valence-corrected chi connectivity index (χ2v) is 4.67. The Morgan fingerprint density at radius 1 is 1.23 bits per heavy atom. The van der Waals surface area contributed by atoms with Gasteiger partial charge in [0, 0.05) is 10.9 Å². The van der Waals surface area contributed by atoms with Gasteiger partial charge in [-0.25, -0.2) is 9.37 Å². The standard InChI is InChI=1S/C15H11FN4O2/c16-10-3-1-2-8(4-10)15(22)19-11-5-9-6-12(13(17)21)20-14(9)18-7-11/h1-7H,(H2,17,21)(H,18,20)(H,19,22). The van der Waals surface area contributed by atoms with Crippen LogP contribution in [0.25, 0.3) is 11.0 Å². The molecule has 2 heterocycles. The predicted molar refractivity (Wildman–Crippen MR) is 79.0 cm³/mol. The van der Waals surface area contributed by atoms with Crippen LogP contribution in [0.2, 0.25) is 0 Å². The van der Waals surface area contributed by atoms with Crippen LogP contribution in [-0.4, -0.2) is 21.8 Å². The molecule has 3 aromatic rings. The number of benzene rings is 1. The van der Waals surface area contributed by atoms with Crippen LogP contribution >= 0.6 is 0 Å². The Kier molecular flexibility index (Phi) is 3.30. The first-order chi connectivity index (χ1) is 10.5. The number of nitrogens with one attached hydrogen (secondary N) is 2. The summed E-state index contributed by atoms with van der Waals surface area (Å²) in [5, 5.41) is 3.25. The molecule has 110 valence electrons. The van der Waals surface area contributed by atoms with Crippen molar-refractivity contribution < 1.29 is 14.0 Å². The first-order valence-corrected chi connectivity index (χ1v) is 6.38. The van der Waals surface area contributed by atoms with E-state index in [1.165, 1.54) is 24.4 Å². The average molecular weight is 298 g/mol. The SMILES string of the molecule is NC(=O)c1cc2cc(NC(=O)c3cccc(F)c3)cnc2[nH]1. The molecule has 0 atom stereocenters. The number of hydrogen-bond donors (Lipinski definition) is 3. The number of hydrogen-bond acceptors (Lipinski definition) is 3. The van der Waals surface area contributed by atoms with Crippen molar-refractivity contribution >= 4 is 28.5 Å². The van der Waals surface area contributed by atoms with E-state index < -0.39 is 17.6 Å². The second kappa shape index (κ2) is 5.28. The number of aromatic nitrogens is 2. The number of fused-ring (bicyclic) bond motifs is 1. The summed E-state index contributed by atoms with van der Waals surface area (Å²) in [5.74, 6) is -1.53. The summed E-state index contributed by atoms with van der Waals surface area (Å²) in [6.45, 7) is 0. The van der Waals surface area contributed by atoms with E-state index in [9.17, 15) is 14.0 Å². The van der Waals surface area contributed by atoms with Gasteiger partial charge < -0.3 is 16.0 Å². The number of anilines is 1. The summed E-state index contributed by atoms with van der Waals surface area (Å²) in [6, 6.07) is 8.55. The Balaban J connectivity index is 1.87. The Labute approximate surface area is 124 Å². The molecule has 0 fully saturated rings. The summed E-state index contributed by atoms with van der Waals surface area (Å²) in [4.78, 5) is 30.0. The van der Waals surface area contributed by atoms with Crippen molar-refractivity contribution in [1.29, 1.82) is 0 Å². The summed E-state index contributed by atoms with van der Waals surface area (Å²) in [5.41, 5.74) is 6.53. The lowest BCUT2D eigenvalue weighted by atomic mass is 10.2. The van der Waals surface area contributed by atoms with Crippen molar-refractivity contribution in [2.75, 3.05) is 5.32 Å². The highest BCUT2D eigenvalue weighted by molar-refractivity contribution is 6.05. The molecule has 0 aliphatic heterocycles. The smallest absolute Gasteiger partial charge is 0.265 e. The largest absolute Gasteiger partial charge is 0.364 e. The quantitative estimate of drug-likeness (QED) is 0.689. The highest BCUT2D eigenvalue weighted by atomic mass is 19.1. The van der Waals surface area contributed by atoms with Gasteiger partial charge in [0.2, 0.25) is 0 Å². The molecule has 0 saturated heterocycles. The third kappa shape index (κ3) is 2.64. The fourth-order valence-corrected chi connectivity index (χ4v) is 2.05. The number of halogens is 1. The van der Waals surface area contributed by atoms with E-state index in [1.807, 2.05) is 0 Å². The van der Waals surface area contributed by atoms with E-state index in [1.54, 1.807) is 12.1 Å². The molecule has 22 heavy (non-hydrogen) atoms. The molecule has 3 rings (SSSR count). The fraction of sp³-hybridized carbons (Fsp3) is 0. The summed E-state index contributed by atoms with van der Waals surface area (Å²) >= 11 is 0. The molecular formula is C15H11FN4O2. The van der Waals surface area contributed by atoms with Gasteiger partial charge in [-0.05, 0) is 30.3 Å². The highest BCUT2D eigenvalue weighted by Crippen LogP contribution is 2.18. The van der Waals surface area contributed by atoms with E-state index >= 15 is 0 Å². The van der Waals surface area contributed by atoms with Gasteiger partial charge in [-0.3, -0.25) is 9.59 Å². The number of carbonyl (C=O) groups excluding carboxylic acids is 2. The molecular weight excluding hydrogens is 287 g/mol. The number of primary amides is 1. The Morgan fingerprint density at radius 3 is 2.77 bits per heavy atom. The Morgan fingerprint density at radius 2 is 2.05 bits per heavy atom. The number of amides is 2. The number of nitrogens with zero attached hydrogens (tertiary/aromatic N) is 1. The van der Waals surface area contributed by atoms with Crippen LogP contribution < -0.4 is 11.1 Å². The molecule has 6 nitrogen and oxygen atoms in total. The lowest BCUT2D eigenvalue weighted by molar-refractivity contribution is 0.0994. The summed E-state index contributed by atoms with van der Waals surface area (Å²) in [7, 11) is 0. The molecule has 0 aliphatic carbocycles. The monoisotopic (exact) mass is 298 g/mol. The fourth-order valence-electron chi connectivity index (χ4n) is 2.05. The van der Waals surface area contributed by atoms with Crippen LogP contribution in [0.5, 0.6) is 0 Å². The van der Waals surface area contributed by atoms with Crippen molar-refractivity contribution in [2.24, 2.45) is 5.73 Å². The topological polar surface area (TPSA) is 101 Å². The van der Waals surface area contributed by atoms with Gasteiger partial charge in [-0.2, -0.15) is 0 Å². The molecule has 7 heteroatoms. The van der Waals surface area contributed by atoms with Gasteiger partial charge in [0.25, 0.3) is 11.8 Å². The Bertz CT molecular complexity index is 888. The lowest BCUT2D eigenvalue weighted by Gasteiger charge is -2.05. The normalized spacial score (nSPS) is 10.6. The van der Waals surface area contributed by atoms with E-state index in [-0.39, 0.29) is 11.3 Å². The molecule has 0 spiro atoms. The van der Waals surface area contributed by atoms with Gasteiger partial charge in [0.1, 0.15) is 17.2 Å². The molecule has 0 saturated carbocycles. The van der Waals surface area contributed by atoms with Crippen molar-refractivity contribution in [1.82, 2.24) is 9.97 Å². The second-order valence-electron chi connectivity index (χ2n) is 4.67. The van der Waals surface area contributed by atoms with Crippen LogP contribution in [0.3, 0.4) is 0 Å². The van der Waals surface area contributed by atoms with Crippen LogP contribution in [0.4, 0.5) is 10.1 Å². The number of nitrogens with two attached hydrogens (primary N) is 1. The van der Waals surface area contributed by atoms with Crippen molar-refractivity contribution in [2.45, 2.75) is 0 Å². The molecule has 2 amide bonds. The number of H-pyrrole nitrogens is 1. The maximum atomic E-state index is 13.1. The lowest BCUT2D eigenvalue weighted by Crippen LogP contribution is -2.12. The first-order valence-electron chi connectivity index (χ1n) is 6.38. The molecule has 4 N–H and O–H groups in total. The van der Waals surface area contributed by atoms with Gasteiger partial charge in [0.05, 0.1) is 11.9 Å². The maximum absolute atomic E-state index is 13.1. The van der Waals surface area contributed by atoms with Crippen molar-refractivity contribution in [3.8, 4) is 0 Å². The minimum absolute atomic E-state index is 0.201. The predicted octanol–water partition coefficient (Wildman–Crippen LogP) is 2.05. The van der Waals surface area contributed by atoms with Crippen LogP contribution in [-0.2, 0) is 0 Å². The number of rotatable bonds is 3. The third-order valence-electron chi connectivity index (χ3n) is 3.08. The third-order valence-corrected chi connectivity index (χ3v) is 3.08. The van der Waals surface area contributed by atoms with Gasteiger partial charge >= 0.3 is 0 Å². The maximum Gasteiger partial charge on any atom is 0.265 e. The molecule has 1 aromatic carbocycles. The van der Waals surface area contributed by atoms with Gasteiger partial charge in [-0.1, -0.05) is 6.07 Å². The van der Waals surface area contributed by atoms with E-state index in [2.05, 4.69) is 15.3 Å². The molecule has 0 radical (unpaired) electrons. The molecule has 0 aliphatic rings. The number of carbonyl (C=O) groups is 2. The number of aromatic amines is 1. The Hall–Kier alpha value is -3.22. The number of pyridine rings is 1. The first kappa shape index (κ1) is 13.7. The van der Waals surface area contributed by atoms with Gasteiger partial charge in [0.15, 0.2) is 0 Å². The zero-order chi connectivity index (χ0) is 15.7. The zero-order valence-electron chi connectivity index (χ0n) is 11.3. The minimum Gasteiger partial charge on any atom is -0.364 e. The summed E-state index contributed by atoms with van der Waals surface area (Å²) < 4.78 is 13.1. The molecule has 2 aromatic heterocycles. The van der Waals surface area contributed by atoms with Crippen molar-refractivity contribution in [3.05, 3.63) is 59.7 Å². The van der Waals surface area contributed by atoms with Crippen LogP contribution in [0.15, 0.2) is 42.6 Å². The zero-order valence-corrected chi connectivity index (χ0v) is 11.3. The van der Waals surface area contributed by atoms with E-state index in [0.29, 0.717) is 16.7 Å². The highest BCUT2D eigenvalue weighted by Gasteiger charge is 2.10.